The maximum Gasteiger partial charge on any atom is 0.374 e. The second kappa shape index (κ2) is 6.44. The molecule has 1 aromatic heterocycles. The lowest BCUT2D eigenvalue weighted by molar-refractivity contribution is -0.140. The minimum Gasteiger partial charge on any atom is -0.450 e. The highest BCUT2D eigenvalue weighted by Gasteiger charge is 2.29. The number of likely N-dealkylation sites (tertiary alicyclic amines) is 1. The summed E-state index contributed by atoms with van der Waals surface area (Å²) < 4.78 is 10.6. The van der Waals surface area contributed by atoms with Crippen LogP contribution in [0.3, 0.4) is 0 Å². The van der Waals surface area contributed by atoms with E-state index < -0.39 is 5.97 Å². The first-order valence-corrected chi connectivity index (χ1v) is 8.03. The van der Waals surface area contributed by atoms with Crippen LogP contribution >= 0.6 is 0 Å². The highest BCUT2D eigenvalue weighted by molar-refractivity contribution is 5.93. The van der Waals surface area contributed by atoms with Crippen LogP contribution in [0.2, 0.25) is 0 Å². The molecule has 2 heterocycles. The molecule has 1 aromatic carbocycles. The van der Waals surface area contributed by atoms with Crippen molar-refractivity contribution in [3.8, 4) is 0 Å². The zero-order valence-corrected chi connectivity index (χ0v) is 13.5. The monoisotopic (exact) mass is 315 g/mol. The fourth-order valence-electron chi connectivity index (χ4n) is 3.27. The predicted molar refractivity (Wildman–Crippen MR) is 86.1 cm³/mol. The molecule has 1 aliphatic heterocycles. The van der Waals surface area contributed by atoms with E-state index in [-0.39, 0.29) is 30.4 Å². The Hall–Kier alpha value is -2.30. The molecule has 3 rings (SSSR count). The maximum atomic E-state index is 12.3. The SMILES string of the molecule is C[C@H]1CCC[C@H](C)N1C(=O)COC(=O)c1cc2ccccc2o1. The molecule has 5 nitrogen and oxygen atoms in total. The molecule has 1 saturated heterocycles. The number of hydrogen-bond acceptors (Lipinski definition) is 4. The van der Waals surface area contributed by atoms with Crippen LogP contribution in [0.15, 0.2) is 34.7 Å². The van der Waals surface area contributed by atoms with E-state index >= 15 is 0 Å². The zero-order valence-electron chi connectivity index (χ0n) is 13.5. The summed E-state index contributed by atoms with van der Waals surface area (Å²) in [5, 5.41) is 0.837. The second-order valence-electron chi connectivity index (χ2n) is 6.15. The van der Waals surface area contributed by atoms with Crippen LogP contribution in [0.25, 0.3) is 11.0 Å². The van der Waals surface area contributed by atoms with Gasteiger partial charge in [0.2, 0.25) is 5.76 Å². The Kier molecular flexibility index (Phi) is 4.37. The number of carbonyl (C=O) groups is 2. The van der Waals surface area contributed by atoms with Gasteiger partial charge in [-0.25, -0.2) is 4.79 Å². The van der Waals surface area contributed by atoms with Gasteiger partial charge in [-0.2, -0.15) is 0 Å². The fourth-order valence-corrected chi connectivity index (χ4v) is 3.27. The summed E-state index contributed by atoms with van der Waals surface area (Å²) in [5.41, 5.74) is 0.629. The Bertz CT molecular complexity index is 678. The minimum absolute atomic E-state index is 0.124. The Labute approximate surface area is 135 Å². The molecule has 0 aliphatic carbocycles. The molecule has 0 N–H and O–H groups in total. The number of para-hydroxylation sites is 1. The fraction of sp³-hybridized carbons (Fsp3) is 0.444. The topological polar surface area (TPSA) is 59.8 Å². The molecule has 0 radical (unpaired) electrons. The number of esters is 1. The van der Waals surface area contributed by atoms with Crippen molar-refractivity contribution in [2.24, 2.45) is 0 Å². The lowest BCUT2D eigenvalue weighted by Crippen LogP contribution is -2.49. The van der Waals surface area contributed by atoms with Crippen molar-refractivity contribution in [3.05, 3.63) is 36.1 Å². The van der Waals surface area contributed by atoms with Gasteiger partial charge in [0, 0.05) is 17.5 Å². The number of ether oxygens (including phenoxy) is 1. The zero-order chi connectivity index (χ0) is 16.4. The molecule has 2 aromatic rings. The molecule has 0 spiro atoms. The van der Waals surface area contributed by atoms with Crippen molar-refractivity contribution in [1.29, 1.82) is 0 Å². The van der Waals surface area contributed by atoms with Crippen LogP contribution in [0, 0.1) is 0 Å². The Morgan fingerprint density at radius 1 is 1.22 bits per heavy atom. The van der Waals surface area contributed by atoms with Crippen LogP contribution in [-0.4, -0.2) is 35.5 Å². The van der Waals surface area contributed by atoms with Gasteiger partial charge in [0.15, 0.2) is 6.61 Å². The average Bonchev–Trinajstić information content (AvgIpc) is 2.96. The lowest BCUT2D eigenvalue weighted by Gasteiger charge is -2.38. The van der Waals surface area contributed by atoms with Crippen LogP contribution in [-0.2, 0) is 9.53 Å². The summed E-state index contributed by atoms with van der Waals surface area (Å²) in [6.45, 7) is 3.83. The lowest BCUT2D eigenvalue weighted by atomic mass is 9.97. The number of fused-ring (bicyclic) bond motifs is 1. The maximum absolute atomic E-state index is 12.3. The summed E-state index contributed by atoms with van der Waals surface area (Å²) in [5.74, 6) is -0.625. The van der Waals surface area contributed by atoms with Crippen LogP contribution in [0.5, 0.6) is 0 Å². The van der Waals surface area contributed by atoms with Gasteiger partial charge in [0.05, 0.1) is 0 Å². The first-order valence-electron chi connectivity index (χ1n) is 8.03. The molecule has 23 heavy (non-hydrogen) atoms. The number of piperidine rings is 1. The van der Waals surface area contributed by atoms with Gasteiger partial charge in [-0.1, -0.05) is 18.2 Å². The van der Waals surface area contributed by atoms with Crippen molar-refractivity contribution in [2.75, 3.05) is 6.61 Å². The van der Waals surface area contributed by atoms with E-state index in [0.29, 0.717) is 5.58 Å². The summed E-state index contributed by atoms with van der Waals surface area (Å²) in [6.07, 6.45) is 3.12. The molecule has 1 fully saturated rings. The third kappa shape index (κ3) is 3.23. The van der Waals surface area contributed by atoms with Gasteiger partial charge in [0.1, 0.15) is 5.58 Å². The second-order valence-corrected chi connectivity index (χ2v) is 6.15. The van der Waals surface area contributed by atoms with E-state index in [1.165, 1.54) is 0 Å². The number of amides is 1. The normalized spacial score (nSPS) is 21.4. The van der Waals surface area contributed by atoms with Gasteiger partial charge in [-0.3, -0.25) is 4.79 Å². The summed E-state index contributed by atoms with van der Waals surface area (Å²) >= 11 is 0. The number of benzene rings is 1. The number of hydrogen-bond donors (Lipinski definition) is 0. The summed E-state index contributed by atoms with van der Waals surface area (Å²) in [4.78, 5) is 26.3. The van der Waals surface area contributed by atoms with Gasteiger partial charge >= 0.3 is 5.97 Å². The van der Waals surface area contributed by atoms with E-state index in [1.807, 2.05) is 36.9 Å². The van der Waals surface area contributed by atoms with Crippen molar-refractivity contribution in [2.45, 2.75) is 45.2 Å². The number of rotatable bonds is 3. The van der Waals surface area contributed by atoms with E-state index in [2.05, 4.69) is 0 Å². The molecular weight excluding hydrogens is 294 g/mol. The first kappa shape index (κ1) is 15.6. The molecule has 1 amide bonds. The van der Waals surface area contributed by atoms with Crippen molar-refractivity contribution >= 4 is 22.8 Å². The van der Waals surface area contributed by atoms with E-state index in [4.69, 9.17) is 9.15 Å². The number of furan rings is 1. The smallest absolute Gasteiger partial charge is 0.374 e. The van der Waals surface area contributed by atoms with E-state index in [1.54, 1.807) is 12.1 Å². The average molecular weight is 315 g/mol. The molecule has 0 saturated carbocycles. The summed E-state index contributed by atoms with van der Waals surface area (Å²) in [7, 11) is 0. The Balaban J connectivity index is 1.63. The number of carbonyl (C=O) groups excluding carboxylic acids is 2. The molecule has 0 bridgehead atoms. The highest BCUT2D eigenvalue weighted by atomic mass is 16.5. The van der Waals surface area contributed by atoms with Gasteiger partial charge < -0.3 is 14.1 Å². The summed E-state index contributed by atoms with van der Waals surface area (Å²) in [6, 6.07) is 9.37. The molecule has 122 valence electrons. The van der Waals surface area contributed by atoms with Gasteiger partial charge in [-0.15, -0.1) is 0 Å². The largest absolute Gasteiger partial charge is 0.450 e. The Morgan fingerprint density at radius 2 is 1.91 bits per heavy atom. The third-order valence-corrected chi connectivity index (χ3v) is 4.43. The van der Waals surface area contributed by atoms with Crippen molar-refractivity contribution in [1.82, 2.24) is 4.90 Å². The van der Waals surface area contributed by atoms with Crippen molar-refractivity contribution < 1.29 is 18.7 Å². The Morgan fingerprint density at radius 3 is 2.61 bits per heavy atom. The quantitative estimate of drug-likeness (QED) is 0.815. The molecule has 2 atom stereocenters. The molecule has 5 heteroatoms. The molecule has 0 unspecified atom stereocenters. The van der Waals surface area contributed by atoms with Gasteiger partial charge in [0.25, 0.3) is 5.91 Å². The predicted octanol–water partition coefficient (Wildman–Crippen LogP) is 3.38. The van der Waals surface area contributed by atoms with E-state index in [9.17, 15) is 9.59 Å². The van der Waals surface area contributed by atoms with Crippen molar-refractivity contribution in [3.63, 3.8) is 0 Å². The minimum atomic E-state index is -0.605. The first-order chi connectivity index (χ1) is 11.1. The molecule has 1 aliphatic rings. The third-order valence-electron chi connectivity index (χ3n) is 4.43. The van der Waals surface area contributed by atoms with Crippen LogP contribution in [0.1, 0.15) is 43.7 Å². The molecular formula is C18H21NO4. The highest BCUT2D eigenvalue weighted by Crippen LogP contribution is 2.23. The van der Waals surface area contributed by atoms with E-state index in [0.717, 1.165) is 24.6 Å². The van der Waals surface area contributed by atoms with Crippen LogP contribution in [0.4, 0.5) is 0 Å². The standard InChI is InChI=1S/C18H21NO4/c1-12-6-5-7-13(2)19(12)17(20)11-22-18(21)16-10-14-8-3-4-9-15(14)23-16/h3-4,8-10,12-13H,5-7,11H2,1-2H3/t12-,13-/m0/s1. The van der Waals surface area contributed by atoms with Crippen LogP contribution < -0.4 is 0 Å². The van der Waals surface area contributed by atoms with Gasteiger partial charge in [-0.05, 0) is 45.2 Å². The number of nitrogens with zero attached hydrogens (tertiary/aromatic N) is 1.